The number of amides is 1. The Hall–Kier alpha value is -3.79. The zero-order chi connectivity index (χ0) is 22.3. The summed E-state index contributed by atoms with van der Waals surface area (Å²) in [6, 6.07) is 3.33. The number of hydrogen-bond donors (Lipinski definition) is 2. The fourth-order valence-corrected chi connectivity index (χ4v) is 3.31. The Morgan fingerprint density at radius 2 is 2.00 bits per heavy atom. The number of halogens is 3. The molecule has 4 aromatic rings. The minimum atomic E-state index is -1.18. The zero-order valence-corrected chi connectivity index (χ0v) is 16.7. The van der Waals surface area contributed by atoms with E-state index in [2.05, 4.69) is 15.3 Å². The normalized spacial score (nSPS) is 11.1. The molecule has 1 aromatic carbocycles. The van der Waals surface area contributed by atoms with Crippen molar-refractivity contribution >= 4 is 34.2 Å². The van der Waals surface area contributed by atoms with Gasteiger partial charge in [-0.1, -0.05) is 11.6 Å². The summed E-state index contributed by atoms with van der Waals surface area (Å²) in [5.41, 5.74) is 0.216. The van der Waals surface area contributed by atoms with Gasteiger partial charge in [0, 0.05) is 31.2 Å². The van der Waals surface area contributed by atoms with Crippen LogP contribution in [0.2, 0.25) is 5.02 Å². The highest BCUT2D eigenvalue weighted by molar-refractivity contribution is 6.33. The first-order chi connectivity index (χ1) is 14.8. The predicted octanol–water partition coefficient (Wildman–Crippen LogP) is 3.07. The van der Waals surface area contributed by atoms with Gasteiger partial charge in [0.1, 0.15) is 12.2 Å². The summed E-state index contributed by atoms with van der Waals surface area (Å²) in [7, 11) is 1.48. The van der Waals surface area contributed by atoms with Crippen molar-refractivity contribution in [3.05, 3.63) is 70.1 Å². The second-order valence-corrected chi connectivity index (χ2v) is 7.13. The van der Waals surface area contributed by atoms with Crippen molar-refractivity contribution in [1.29, 1.82) is 0 Å². The molecular weight excluding hydrogens is 432 g/mol. The van der Waals surface area contributed by atoms with E-state index < -0.39 is 28.9 Å². The van der Waals surface area contributed by atoms with Crippen molar-refractivity contribution in [3.63, 3.8) is 0 Å². The summed E-state index contributed by atoms with van der Waals surface area (Å²) in [5.74, 6) is -3.95. The molecule has 0 fully saturated rings. The third-order valence-electron chi connectivity index (χ3n) is 4.63. The quantitative estimate of drug-likeness (QED) is 0.502. The van der Waals surface area contributed by atoms with Crippen LogP contribution in [-0.4, -0.2) is 30.1 Å². The van der Waals surface area contributed by atoms with Crippen molar-refractivity contribution in [2.45, 2.75) is 6.54 Å². The number of hydrogen-bond acceptors (Lipinski definition) is 5. The number of rotatable bonds is 4. The van der Waals surface area contributed by atoms with E-state index in [4.69, 9.17) is 11.6 Å². The van der Waals surface area contributed by atoms with E-state index >= 15 is 0 Å². The highest BCUT2D eigenvalue weighted by atomic mass is 35.5. The van der Waals surface area contributed by atoms with Gasteiger partial charge in [-0.2, -0.15) is 0 Å². The van der Waals surface area contributed by atoms with Gasteiger partial charge in [0.15, 0.2) is 17.4 Å². The number of aromatic hydroxyl groups is 1. The third-order valence-corrected chi connectivity index (χ3v) is 4.93. The summed E-state index contributed by atoms with van der Waals surface area (Å²) in [5, 5.41) is 12.3. The van der Waals surface area contributed by atoms with E-state index in [1.54, 1.807) is 0 Å². The van der Waals surface area contributed by atoms with Gasteiger partial charge < -0.3 is 19.6 Å². The average Bonchev–Trinajstić information content (AvgIpc) is 3.09. The Morgan fingerprint density at radius 3 is 2.68 bits per heavy atom. The largest absolute Gasteiger partial charge is 0.503 e. The highest BCUT2D eigenvalue weighted by Gasteiger charge is 2.20. The van der Waals surface area contributed by atoms with E-state index in [1.165, 1.54) is 47.2 Å². The molecule has 0 radical (unpaired) electrons. The highest BCUT2D eigenvalue weighted by Crippen LogP contribution is 2.32. The monoisotopic (exact) mass is 445 g/mol. The van der Waals surface area contributed by atoms with E-state index in [-0.39, 0.29) is 33.7 Å². The van der Waals surface area contributed by atoms with Crippen LogP contribution < -0.4 is 10.9 Å². The number of phenols is 1. The number of pyridine rings is 1. The van der Waals surface area contributed by atoms with Crippen molar-refractivity contribution in [1.82, 2.24) is 19.1 Å². The second kappa shape index (κ2) is 7.80. The van der Waals surface area contributed by atoms with Gasteiger partial charge in [-0.3, -0.25) is 14.6 Å². The number of nitrogens with one attached hydrogen (secondary N) is 1. The lowest BCUT2D eigenvalue weighted by Gasteiger charge is -2.08. The number of carbonyl (C=O) groups is 1. The van der Waals surface area contributed by atoms with Crippen molar-refractivity contribution < 1.29 is 18.7 Å². The maximum Gasteiger partial charge on any atom is 0.263 e. The molecule has 3 heterocycles. The Balaban J connectivity index is 1.81. The fraction of sp³-hybridized carbons (Fsp3) is 0.100. The summed E-state index contributed by atoms with van der Waals surface area (Å²) in [6.45, 7) is -0.252. The molecule has 31 heavy (non-hydrogen) atoms. The van der Waals surface area contributed by atoms with Crippen LogP contribution in [0.5, 0.6) is 5.75 Å². The third kappa shape index (κ3) is 3.73. The van der Waals surface area contributed by atoms with Crippen molar-refractivity contribution in [3.8, 4) is 16.9 Å². The molecule has 0 saturated carbocycles. The number of fused-ring (bicyclic) bond motifs is 1. The fourth-order valence-electron chi connectivity index (χ4n) is 3.15. The lowest BCUT2D eigenvalue weighted by atomic mass is 10.1. The molecule has 11 heteroatoms. The van der Waals surface area contributed by atoms with Crippen LogP contribution in [0.1, 0.15) is 0 Å². The molecular formula is C20H14ClF2N5O3. The summed E-state index contributed by atoms with van der Waals surface area (Å²) < 4.78 is 30.4. The van der Waals surface area contributed by atoms with Crippen LogP contribution >= 0.6 is 11.6 Å². The molecule has 0 aliphatic heterocycles. The SMILES string of the molecule is Cn1cnc2c(c(-c3cc(F)c(O)c(F)c3)cn2CC(=O)Nc2ccncc2Cl)c1=O. The van der Waals surface area contributed by atoms with Crippen molar-refractivity contribution in [2.75, 3.05) is 5.32 Å². The number of anilines is 1. The Labute approximate surface area is 178 Å². The standard InChI is InChI=1S/C20H14ClF2N5O3/c1-27-9-25-19-17(20(27)31)11(10-4-13(22)18(30)14(23)5-10)7-28(19)8-16(29)26-15-2-3-24-6-12(15)21/h2-7,9,30H,8H2,1H3,(H,24,26,29). The van der Waals surface area contributed by atoms with Crippen LogP contribution in [0.3, 0.4) is 0 Å². The Bertz CT molecular complexity index is 1380. The molecule has 0 saturated heterocycles. The summed E-state index contributed by atoms with van der Waals surface area (Å²) >= 11 is 6.00. The average molecular weight is 446 g/mol. The molecule has 0 aliphatic carbocycles. The predicted molar refractivity (Wildman–Crippen MR) is 110 cm³/mol. The molecule has 0 unspecified atom stereocenters. The zero-order valence-electron chi connectivity index (χ0n) is 15.9. The van der Waals surface area contributed by atoms with Crippen molar-refractivity contribution in [2.24, 2.45) is 7.05 Å². The van der Waals surface area contributed by atoms with E-state index in [0.29, 0.717) is 5.69 Å². The molecule has 8 nitrogen and oxygen atoms in total. The van der Waals surface area contributed by atoms with E-state index in [9.17, 15) is 23.5 Å². The van der Waals surface area contributed by atoms with E-state index in [1.807, 2.05) is 0 Å². The molecule has 0 aliphatic rings. The van der Waals surface area contributed by atoms with Crippen LogP contribution in [0.25, 0.3) is 22.2 Å². The van der Waals surface area contributed by atoms with Crippen LogP contribution in [0.15, 0.2) is 47.9 Å². The smallest absolute Gasteiger partial charge is 0.263 e. The van der Waals surface area contributed by atoms with Gasteiger partial charge in [0.25, 0.3) is 5.56 Å². The van der Waals surface area contributed by atoms with E-state index in [0.717, 1.165) is 12.1 Å². The Morgan fingerprint density at radius 1 is 1.29 bits per heavy atom. The lowest BCUT2D eigenvalue weighted by Crippen LogP contribution is -2.20. The molecule has 2 N–H and O–H groups in total. The minimum Gasteiger partial charge on any atom is -0.503 e. The van der Waals surface area contributed by atoms with Gasteiger partial charge >= 0.3 is 0 Å². The first-order valence-electron chi connectivity index (χ1n) is 8.88. The van der Waals surface area contributed by atoms with Crippen LogP contribution in [0, 0.1) is 11.6 Å². The number of phenolic OH excluding ortho intramolecular Hbond substituents is 1. The maximum absolute atomic E-state index is 13.9. The molecule has 0 atom stereocenters. The van der Waals surface area contributed by atoms with Gasteiger partial charge in [-0.25, -0.2) is 13.8 Å². The number of benzene rings is 1. The minimum absolute atomic E-state index is 0.0132. The van der Waals surface area contributed by atoms with Crippen LogP contribution in [-0.2, 0) is 18.4 Å². The molecule has 0 spiro atoms. The maximum atomic E-state index is 13.9. The topological polar surface area (TPSA) is 102 Å². The first-order valence-corrected chi connectivity index (χ1v) is 9.26. The number of aryl methyl sites for hydroxylation is 1. The summed E-state index contributed by atoms with van der Waals surface area (Å²) in [4.78, 5) is 33.3. The molecule has 3 aromatic heterocycles. The molecule has 1 amide bonds. The lowest BCUT2D eigenvalue weighted by molar-refractivity contribution is -0.116. The first kappa shape index (κ1) is 20.5. The van der Waals surface area contributed by atoms with Gasteiger partial charge in [0.05, 0.1) is 22.4 Å². The van der Waals surface area contributed by atoms with Crippen LogP contribution in [0.4, 0.5) is 14.5 Å². The van der Waals surface area contributed by atoms with Gasteiger partial charge in [-0.15, -0.1) is 0 Å². The second-order valence-electron chi connectivity index (χ2n) is 6.72. The van der Waals surface area contributed by atoms with Gasteiger partial charge in [0.2, 0.25) is 5.91 Å². The number of aromatic nitrogens is 4. The van der Waals surface area contributed by atoms with Gasteiger partial charge in [-0.05, 0) is 23.8 Å². The summed E-state index contributed by atoms with van der Waals surface area (Å²) in [6.07, 6.45) is 5.52. The Kier molecular flexibility index (Phi) is 5.15. The molecule has 4 rings (SSSR count). The number of carbonyl (C=O) groups excluding carboxylic acids is 1. The number of nitrogens with zero attached hydrogens (tertiary/aromatic N) is 4. The molecule has 158 valence electrons. The molecule has 0 bridgehead atoms.